The average Bonchev–Trinajstić information content (AvgIpc) is 3.39. The summed E-state index contributed by atoms with van der Waals surface area (Å²) in [6.07, 6.45) is 4.50. The number of benzene rings is 1. The van der Waals surface area contributed by atoms with Gasteiger partial charge in [-0.1, -0.05) is 11.6 Å². The standard InChI is InChI=1S/C19H22ClFN6O/c20-15-11-13(21)5-6-14(15)17(28)22-12-16-23-18(26-7-1-2-8-26)25-19(24-16)27-9-3-4-10-27/h5-6,11H,1-4,7-10,12H2,(H,22,28). The number of aromatic nitrogens is 3. The van der Waals surface area contributed by atoms with E-state index in [0.717, 1.165) is 57.9 Å². The summed E-state index contributed by atoms with van der Waals surface area (Å²) in [7, 11) is 0. The van der Waals surface area contributed by atoms with E-state index < -0.39 is 11.7 Å². The number of nitrogens with zero attached hydrogens (tertiary/aromatic N) is 5. The number of rotatable bonds is 5. The van der Waals surface area contributed by atoms with Crippen molar-refractivity contribution in [3.63, 3.8) is 0 Å². The second-order valence-corrected chi connectivity index (χ2v) is 7.45. The van der Waals surface area contributed by atoms with Gasteiger partial charge >= 0.3 is 0 Å². The van der Waals surface area contributed by atoms with Gasteiger partial charge in [-0.05, 0) is 43.9 Å². The van der Waals surface area contributed by atoms with Gasteiger partial charge in [-0.3, -0.25) is 4.79 Å². The number of hydrogen-bond donors (Lipinski definition) is 1. The van der Waals surface area contributed by atoms with Crippen LogP contribution in [0.15, 0.2) is 18.2 Å². The van der Waals surface area contributed by atoms with Crippen molar-refractivity contribution in [2.45, 2.75) is 32.2 Å². The third-order valence-electron chi connectivity index (χ3n) is 5.02. The van der Waals surface area contributed by atoms with Crippen molar-refractivity contribution in [1.29, 1.82) is 0 Å². The van der Waals surface area contributed by atoms with Crippen LogP contribution in [0.25, 0.3) is 0 Å². The lowest BCUT2D eigenvalue weighted by Gasteiger charge is -2.20. The van der Waals surface area contributed by atoms with Gasteiger partial charge in [0.2, 0.25) is 11.9 Å². The summed E-state index contributed by atoms with van der Waals surface area (Å²) in [5, 5.41) is 2.85. The van der Waals surface area contributed by atoms with E-state index in [1.54, 1.807) is 0 Å². The highest BCUT2D eigenvalue weighted by Crippen LogP contribution is 2.22. The summed E-state index contributed by atoms with van der Waals surface area (Å²) in [5.74, 6) is 0.961. The van der Waals surface area contributed by atoms with Crippen molar-refractivity contribution in [3.05, 3.63) is 40.4 Å². The molecule has 0 atom stereocenters. The van der Waals surface area contributed by atoms with Gasteiger partial charge in [-0.25, -0.2) is 4.39 Å². The number of halogens is 2. The molecule has 7 nitrogen and oxygen atoms in total. The molecule has 1 N–H and O–H groups in total. The first-order valence-electron chi connectivity index (χ1n) is 9.58. The largest absolute Gasteiger partial charge is 0.345 e. The van der Waals surface area contributed by atoms with Crippen LogP contribution in [0.1, 0.15) is 41.9 Å². The van der Waals surface area contributed by atoms with Gasteiger partial charge < -0.3 is 15.1 Å². The molecule has 0 unspecified atom stereocenters. The Morgan fingerprint density at radius 2 is 1.57 bits per heavy atom. The Labute approximate surface area is 167 Å². The highest BCUT2D eigenvalue weighted by atomic mass is 35.5. The molecule has 0 bridgehead atoms. The van der Waals surface area contributed by atoms with Crippen molar-refractivity contribution < 1.29 is 9.18 Å². The van der Waals surface area contributed by atoms with Crippen LogP contribution in [-0.4, -0.2) is 47.0 Å². The lowest BCUT2D eigenvalue weighted by atomic mass is 10.2. The first-order valence-corrected chi connectivity index (χ1v) is 9.96. The van der Waals surface area contributed by atoms with Crippen molar-refractivity contribution in [2.24, 2.45) is 0 Å². The molecule has 2 aliphatic heterocycles. The number of anilines is 2. The van der Waals surface area contributed by atoms with Crippen LogP contribution in [0, 0.1) is 5.82 Å². The Morgan fingerprint density at radius 3 is 2.11 bits per heavy atom. The molecule has 0 spiro atoms. The summed E-state index contributed by atoms with van der Waals surface area (Å²) in [4.78, 5) is 30.5. The summed E-state index contributed by atoms with van der Waals surface area (Å²) in [6.45, 7) is 3.87. The van der Waals surface area contributed by atoms with E-state index in [1.165, 1.54) is 12.1 Å². The van der Waals surface area contributed by atoms with Gasteiger partial charge in [0.1, 0.15) is 5.82 Å². The Hall–Kier alpha value is -2.48. The second kappa shape index (κ2) is 8.26. The molecular formula is C19H22ClFN6O. The minimum Gasteiger partial charge on any atom is -0.345 e. The van der Waals surface area contributed by atoms with Crippen LogP contribution in [-0.2, 0) is 6.54 Å². The summed E-state index contributed by atoms with van der Waals surface area (Å²) in [5.41, 5.74) is 0.219. The average molecular weight is 405 g/mol. The normalized spacial score (nSPS) is 16.6. The maximum atomic E-state index is 13.2. The lowest BCUT2D eigenvalue weighted by Crippen LogP contribution is -2.29. The molecule has 9 heteroatoms. The minimum atomic E-state index is -0.482. The van der Waals surface area contributed by atoms with Crippen LogP contribution in [0.3, 0.4) is 0 Å². The lowest BCUT2D eigenvalue weighted by molar-refractivity contribution is 0.0950. The number of amides is 1. The predicted molar refractivity (Wildman–Crippen MR) is 105 cm³/mol. The van der Waals surface area contributed by atoms with Crippen LogP contribution in [0.5, 0.6) is 0 Å². The smallest absolute Gasteiger partial charge is 0.253 e. The molecule has 2 aliphatic rings. The Kier molecular flexibility index (Phi) is 5.57. The second-order valence-electron chi connectivity index (χ2n) is 7.05. The molecule has 148 valence electrons. The molecule has 0 radical (unpaired) electrons. The van der Waals surface area contributed by atoms with Crippen molar-refractivity contribution in [3.8, 4) is 0 Å². The van der Waals surface area contributed by atoms with Crippen LogP contribution >= 0.6 is 11.6 Å². The molecule has 0 aliphatic carbocycles. The number of carbonyl (C=O) groups is 1. The highest BCUT2D eigenvalue weighted by molar-refractivity contribution is 6.33. The van der Waals surface area contributed by atoms with Gasteiger partial charge in [0.15, 0.2) is 5.82 Å². The fourth-order valence-electron chi connectivity index (χ4n) is 3.52. The molecule has 3 heterocycles. The third-order valence-corrected chi connectivity index (χ3v) is 5.33. The minimum absolute atomic E-state index is 0.0728. The number of nitrogens with one attached hydrogen (secondary N) is 1. The van der Waals surface area contributed by atoms with Crippen LogP contribution in [0.2, 0.25) is 5.02 Å². The van der Waals surface area contributed by atoms with Gasteiger partial charge in [0.05, 0.1) is 17.1 Å². The van der Waals surface area contributed by atoms with Crippen molar-refractivity contribution in [2.75, 3.05) is 36.0 Å². The van der Waals surface area contributed by atoms with E-state index in [0.29, 0.717) is 17.7 Å². The molecule has 28 heavy (non-hydrogen) atoms. The van der Waals surface area contributed by atoms with E-state index in [2.05, 4.69) is 30.1 Å². The molecule has 2 aromatic rings. The molecule has 0 saturated carbocycles. The zero-order valence-corrected chi connectivity index (χ0v) is 16.3. The first-order chi connectivity index (χ1) is 13.6. The topological polar surface area (TPSA) is 74.2 Å². The molecule has 4 rings (SSSR count). The van der Waals surface area contributed by atoms with E-state index in [4.69, 9.17) is 11.6 Å². The summed E-state index contributed by atoms with van der Waals surface area (Å²) >= 11 is 5.97. The number of carbonyl (C=O) groups excluding carboxylic acids is 1. The fourth-order valence-corrected chi connectivity index (χ4v) is 3.77. The molecule has 1 aromatic heterocycles. The van der Waals surface area contributed by atoms with Crippen LogP contribution < -0.4 is 15.1 Å². The van der Waals surface area contributed by atoms with Gasteiger partial charge in [0, 0.05) is 26.2 Å². The Bertz CT molecular complexity index is 833. The molecule has 2 fully saturated rings. The molecule has 1 amide bonds. The third kappa shape index (κ3) is 4.16. The fraction of sp³-hybridized carbons (Fsp3) is 0.474. The van der Waals surface area contributed by atoms with Crippen molar-refractivity contribution in [1.82, 2.24) is 20.3 Å². The maximum Gasteiger partial charge on any atom is 0.253 e. The molecule has 1 aromatic carbocycles. The molecular weight excluding hydrogens is 383 g/mol. The summed E-state index contributed by atoms with van der Waals surface area (Å²) < 4.78 is 13.2. The number of hydrogen-bond acceptors (Lipinski definition) is 6. The van der Waals surface area contributed by atoms with Gasteiger partial charge in [-0.15, -0.1) is 0 Å². The quantitative estimate of drug-likeness (QED) is 0.826. The highest BCUT2D eigenvalue weighted by Gasteiger charge is 2.22. The predicted octanol–water partition coefficient (Wildman–Crippen LogP) is 2.79. The van der Waals surface area contributed by atoms with Crippen molar-refractivity contribution >= 4 is 29.4 Å². The zero-order valence-electron chi connectivity index (χ0n) is 15.5. The van der Waals surface area contributed by atoms with Gasteiger partial charge in [-0.2, -0.15) is 15.0 Å². The van der Waals surface area contributed by atoms with E-state index in [1.807, 2.05) is 0 Å². The summed E-state index contributed by atoms with van der Waals surface area (Å²) in [6, 6.07) is 3.70. The Balaban J connectivity index is 1.53. The van der Waals surface area contributed by atoms with Crippen LogP contribution in [0.4, 0.5) is 16.3 Å². The SMILES string of the molecule is O=C(NCc1nc(N2CCCC2)nc(N2CCCC2)n1)c1ccc(F)cc1Cl. The zero-order chi connectivity index (χ0) is 19.5. The molecule has 2 saturated heterocycles. The maximum absolute atomic E-state index is 13.2. The van der Waals surface area contributed by atoms with E-state index >= 15 is 0 Å². The van der Waals surface area contributed by atoms with Gasteiger partial charge in [0.25, 0.3) is 5.91 Å². The van der Waals surface area contributed by atoms with E-state index in [9.17, 15) is 9.18 Å². The monoisotopic (exact) mass is 404 g/mol. The van der Waals surface area contributed by atoms with E-state index in [-0.39, 0.29) is 17.1 Å². The first kappa shape index (κ1) is 18.9. The Morgan fingerprint density at radius 1 is 1.00 bits per heavy atom.